The average molecular weight is 244 g/mol. The van der Waals surface area contributed by atoms with Crippen LogP contribution in [0.2, 0.25) is 5.02 Å². The van der Waals surface area contributed by atoms with Crippen LogP contribution < -0.4 is 10.1 Å². The van der Waals surface area contributed by atoms with Crippen molar-refractivity contribution < 1.29 is 9.47 Å². The Morgan fingerprint density at radius 1 is 1.44 bits per heavy atom. The fourth-order valence-electron chi connectivity index (χ4n) is 1.30. The number of benzene rings is 1. The van der Waals surface area contributed by atoms with Gasteiger partial charge in [-0.2, -0.15) is 0 Å². The van der Waals surface area contributed by atoms with Gasteiger partial charge in [0, 0.05) is 24.2 Å². The number of rotatable bonds is 6. The molecule has 0 radical (unpaired) electrons. The van der Waals surface area contributed by atoms with E-state index in [0.29, 0.717) is 13.2 Å². The zero-order chi connectivity index (χ0) is 12.0. The molecule has 1 unspecified atom stereocenters. The van der Waals surface area contributed by atoms with Crippen molar-refractivity contribution in [3.63, 3.8) is 0 Å². The molecule has 0 amide bonds. The van der Waals surface area contributed by atoms with Crippen LogP contribution in [0, 0.1) is 0 Å². The van der Waals surface area contributed by atoms with Crippen LogP contribution in [0.1, 0.15) is 12.5 Å². The van der Waals surface area contributed by atoms with Crippen LogP contribution in [-0.2, 0) is 11.3 Å². The smallest absolute Gasteiger partial charge is 0.125 e. The second kappa shape index (κ2) is 6.74. The Balaban J connectivity index is 2.74. The highest BCUT2D eigenvalue weighted by Gasteiger charge is 2.08. The molecule has 0 aliphatic rings. The van der Waals surface area contributed by atoms with Crippen molar-refractivity contribution >= 4 is 11.6 Å². The van der Waals surface area contributed by atoms with Crippen LogP contribution in [0.4, 0.5) is 0 Å². The highest BCUT2D eigenvalue weighted by molar-refractivity contribution is 6.31. The van der Waals surface area contributed by atoms with Gasteiger partial charge in [0.25, 0.3) is 0 Å². The Morgan fingerprint density at radius 3 is 2.81 bits per heavy atom. The van der Waals surface area contributed by atoms with Gasteiger partial charge in [-0.05, 0) is 26.1 Å². The first-order valence-corrected chi connectivity index (χ1v) is 5.64. The number of methoxy groups -OCH3 is 1. The maximum absolute atomic E-state index is 6.11. The zero-order valence-electron chi connectivity index (χ0n) is 9.92. The van der Waals surface area contributed by atoms with Gasteiger partial charge in [-0.1, -0.05) is 17.7 Å². The van der Waals surface area contributed by atoms with E-state index in [-0.39, 0.29) is 6.10 Å². The largest absolute Gasteiger partial charge is 0.491 e. The number of hydrogen-bond acceptors (Lipinski definition) is 3. The second-order valence-electron chi connectivity index (χ2n) is 3.60. The Kier molecular flexibility index (Phi) is 5.60. The summed E-state index contributed by atoms with van der Waals surface area (Å²) in [5.74, 6) is 0.811. The summed E-state index contributed by atoms with van der Waals surface area (Å²) >= 11 is 6.11. The molecule has 0 saturated carbocycles. The van der Waals surface area contributed by atoms with Crippen LogP contribution in [0.25, 0.3) is 0 Å². The second-order valence-corrected chi connectivity index (χ2v) is 4.01. The van der Waals surface area contributed by atoms with E-state index >= 15 is 0 Å². The molecule has 1 atom stereocenters. The normalized spacial score (nSPS) is 12.5. The van der Waals surface area contributed by atoms with Crippen molar-refractivity contribution in [2.45, 2.75) is 19.6 Å². The molecule has 1 aromatic rings. The molecule has 0 bridgehead atoms. The highest BCUT2D eigenvalue weighted by Crippen LogP contribution is 2.26. The van der Waals surface area contributed by atoms with Crippen LogP contribution in [0.5, 0.6) is 5.75 Å². The molecule has 0 heterocycles. The van der Waals surface area contributed by atoms with E-state index in [4.69, 9.17) is 21.1 Å². The van der Waals surface area contributed by atoms with Crippen molar-refractivity contribution in [3.8, 4) is 5.75 Å². The third kappa shape index (κ3) is 3.67. The molecule has 1 N–H and O–H groups in total. The lowest BCUT2D eigenvalue weighted by molar-refractivity contribution is 0.0713. The SMILES string of the molecule is CNCc1c(Cl)cccc1OCC(C)OC. The molecule has 0 saturated heterocycles. The van der Waals surface area contributed by atoms with Gasteiger partial charge in [-0.3, -0.25) is 0 Å². The average Bonchev–Trinajstić information content (AvgIpc) is 2.29. The molecule has 1 rings (SSSR count). The van der Waals surface area contributed by atoms with E-state index < -0.39 is 0 Å². The zero-order valence-corrected chi connectivity index (χ0v) is 10.7. The van der Waals surface area contributed by atoms with Crippen molar-refractivity contribution in [1.82, 2.24) is 5.32 Å². The Labute approximate surface area is 102 Å². The Morgan fingerprint density at radius 2 is 2.19 bits per heavy atom. The summed E-state index contributed by atoms with van der Waals surface area (Å²) in [7, 11) is 3.55. The molecule has 3 nitrogen and oxygen atoms in total. The first-order chi connectivity index (χ1) is 7.69. The minimum atomic E-state index is 0.0708. The van der Waals surface area contributed by atoms with Crippen LogP contribution in [0.15, 0.2) is 18.2 Å². The maximum Gasteiger partial charge on any atom is 0.125 e. The first-order valence-electron chi connectivity index (χ1n) is 5.26. The predicted molar refractivity (Wildman–Crippen MR) is 66.2 cm³/mol. The van der Waals surface area contributed by atoms with Gasteiger partial charge in [-0.15, -0.1) is 0 Å². The van der Waals surface area contributed by atoms with Crippen LogP contribution >= 0.6 is 11.6 Å². The molecule has 4 heteroatoms. The van der Waals surface area contributed by atoms with Crippen molar-refractivity contribution in [2.24, 2.45) is 0 Å². The molecule has 0 aliphatic carbocycles. The Hall–Kier alpha value is -0.770. The van der Waals surface area contributed by atoms with Crippen LogP contribution in [0.3, 0.4) is 0 Å². The summed E-state index contributed by atoms with van der Waals surface area (Å²) in [6, 6.07) is 5.66. The minimum Gasteiger partial charge on any atom is -0.491 e. The van der Waals surface area contributed by atoms with Crippen LogP contribution in [-0.4, -0.2) is 26.9 Å². The van der Waals surface area contributed by atoms with Gasteiger partial charge in [0.2, 0.25) is 0 Å². The van der Waals surface area contributed by atoms with E-state index in [0.717, 1.165) is 16.3 Å². The monoisotopic (exact) mass is 243 g/mol. The van der Waals surface area contributed by atoms with E-state index in [2.05, 4.69) is 5.32 Å². The Bertz CT molecular complexity index is 331. The highest BCUT2D eigenvalue weighted by atomic mass is 35.5. The summed E-state index contributed by atoms with van der Waals surface area (Å²) in [4.78, 5) is 0. The molecule has 0 aromatic heterocycles. The summed E-state index contributed by atoms with van der Waals surface area (Å²) in [6.45, 7) is 3.17. The fraction of sp³-hybridized carbons (Fsp3) is 0.500. The van der Waals surface area contributed by atoms with Crippen molar-refractivity contribution in [3.05, 3.63) is 28.8 Å². The lowest BCUT2D eigenvalue weighted by Crippen LogP contribution is -2.17. The third-order valence-electron chi connectivity index (χ3n) is 2.31. The van der Waals surface area contributed by atoms with E-state index in [1.807, 2.05) is 32.2 Å². The van der Waals surface area contributed by atoms with Gasteiger partial charge in [0.05, 0.1) is 6.10 Å². The van der Waals surface area contributed by atoms with Gasteiger partial charge >= 0.3 is 0 Å². The van der Waals surface area contributed by atoms with E-state index in [1.54, 1.807) is 7.11 Å². The lowest BCUT2D eigenvalue weighted by atomic mass is 10.2. The summed E-state index contributed by atoms with van der Waals surface area (Å²) < 4.78 is 10.8. The first kappa shape index (κ1) is 13.3. The van der Waals surface area contributed by atoms with Gasteiger partial charge in [0.1, 0.15) is 12.4 Å². The standard InChI is InChI=1S/C12H18ClNO2/c1-9(15-3)8-16-12-6-4-5-11(13)10(12)7-14-2/h4-6,9,14H,7-8H2,1-3H3. The molecule has 16 heavy (non-hydrogen) atoms. The molecule has 1 aromatic carbocycles. The predicted octanol–water partition coefficient (Wildman–Crippen LogP) is 2.47. The topological polar surface area (TPSA) is 30.5 Å². The van der Waals surface area contributed by atoms with E-state index in [1.165, 1.54) is 0 Å². The van der Waals surface area contributed by atoms with E-state index in [9.17, 15) is 0 Å². The summed E-state index contributed by atoms with van der Waals surface area (Å²) in [5, 5.41) is 3.79. The molecule has 0 fully saturated rings. The molecular weight excluding hydrogens is 226 g/mol. The quantitative estimate of drug-likeness (QED) is 0.833. The summed E-state index contributed by atoms with van der Waals surface area (Å²) in [6.07, 6.45) is 0.0708. The van der Waals surface area contributed by atoms with Crippen molar-refractivity contribution in [1.29, 1.82) is 0 Å². The molecular formula is C12H18ClNO2. The molecule has 0 spiro atoms. The maximum atomic E-state index is 6.11. The molecule has 0 aliphatic heterocycles. The number of nitrogens with one attached hydrogen (secondary N) is 1. The molecule has 90 valence electrons. The fourth-order valence-corrected chi connectivity index (χ4v) is 1.53. The number of ether oxygens (including phenoxy) is 2. The number of halogens is 1. The summed E-state index contributed by atoms with van der Waals surface area (Å²) in [5.41, 5.74) is 0.981. The van der Waals surface area contributed by atoms with Gasteiger partial charge in [0.15, 0.2) is 0 Å². The van der Waals surface area contributed by atoms with Gasteiger partial charge in [-0.25, -0.2) is 0 Å². The third-order valence-corrected chi connectivity index (χ3v) is 2.66. The van der Waals surface area contributed by atoms with Crippen molar-refractivity contribution in [2.75, 3.05) is 20.8 Å². The lowest BCUT2D eigenvalue weighted by Gasteiger charge is -2.15. The van der Waals surface area contributed by atoms with Gasteiger partial charge < -0.3 is 14.8 Å². The number of hydrogen-bond donors (Lipinski definition) is 1. The minimum absolute atomic E-state index is 0.0708.